The van der Waals surface area contributed by atoms with Crippen molar-refractivity contribution in [2.45, 2.75) is 25.6 Å². The summed E-state index contributed by atoms with van der Waals surface area (Å²) in [4.78, 5) is 4.71. The van der Waals surface area contributed by atoms with E-state index in [0.29, 0.717) is 18.0 Å². The number of nitrogens with zero attached hydrogens (tertiary/aromatic N) is 3. The van der Waals surface area contributed by atoms with Gasteiger partial charge in [0, 0.05) is 68.5 Å². The quantitative estimate of drug-likeness (QED) is 0.677. The fraction of sp³-hybridized carbons (Fsp3) is 0.571. The van der Waals surface area contributed by atoms with E-state index in [1.165, 1.54) is 16.8 Å². The molecule has 2 N–H and O–H groups in total. The Balaban J connectivity index is 1.30. The summed E-state index contributed by atoms with van der Waals surface area (Å²) in [6.45, 7) is 5.79. The fourth-order valence-corrected chi connectivity index (χ4v) is 4.90. The Morgan fingerprint density at radius 2 is 2.07 bits per heavy atom. The molecule has 2 aromatic rings. The minimum Gasteiger partial charge on any atom is -0.493 e. The van der Waals surface area contributed by atoms with Crippen molar-refractivity contribution in [3.63, 3.8) is 0 Å². The number of ether oxygens (including phenoxy) is 2. The minimum absolute atomic E-state index is 0.273. The summed E-state index contributed by atoms with van der Waals surface area (Å²) in [7, 11) is 1.66. The number of H-pyrrole nitrogens is 1. The summed E-state index contributed by atoms with van der Waals surface area (Å²) >= 11 is 1.97. The summed E-state index contributed by atoms with van der Waals surface area (Å²) in [5.74, 6) is 3.68. The second-order valence-corrected chi connectivity index (χ2v) is 8.92. The van der Waals surface area contributed by atoms with Crippen LogP contribution in [-0.2, 0) is 19.5 Å². The highest BCUT2D eigenvalue weighted by Gasteiger charge is 2.19. The van der Waals surface area contributed by atoms with Gasteiger partial charge in [-0.3, -0.25) is 14.9 Å². The summed E-state index contributed by atoms with van der Waals surface area (Å²) in [5, 5.41) is 17.6. The maximum atomic E-state index is 10.3. The number of fused-ring (bicyclic) bond motifs is 1. The second-order valence-electron chi connectivity index (χ2n) is 7.70. The number of thioether (sulfide) groups is 1. The van der Waals surface area contributed by atoms with Gasteiger partial charge in [-0.15, -0.1) is 0 Å². The summed E-state index contributed by atoms with van der Waals surface area (Å²) < 4.78 is 11.4. The molecule has 158 valence electrons. The molecule has 0 saturated carbocycles. The SMILES string of the molecule is COc1cc(CN2CCc3[nH]ncc3C2)ccc1OCC(O)CN1CCSCC1. The number of methoxy groups -OCH3 is 1. The molecule has 1 aromatic heterocycles. The van der Waals surface area contributed by atoms with Crippen molar-refractivity contribution >= 4 is 11.8 Å². The smallest absolute Gasteiger partial charge is 0.161 e. The Bertz CT molecular complexity index is 794. The van der Waals surface area contributed by atoms with Crippen LogP contribution >= 0.6 is 11.8 Å². The summed E-state index contributed by atoms with van der Waals surface area (Å²) in [6, 6.07) is 6.07. The first kappa shape index (κ1) is 20.5. The van der Waals surface area contributed by atoms with Crippen LogP contribution < -0.4 is 9.47 Å². The highest BCUT2D eigenvalue weighted by atomic mass is 32.2. The number of benzene rings is 1. The summed E-state index contributed by atoms with van der Waals surface area (Å²) in [5.41, 5.74) is 3.72. The highest BCUT2D eigenvalue weighted by molar-refractivity contribution is 7.99. The van der Waals surface area contributed by atoms with Crippen LogP contribution in [-0.4, -0.2) is 82.6 Å². The highest BCUT2D eigenvalue weighted by Crippen LogP contribution is 2.29. The van der Waals surface area contributed by atoms with Gasteiger partial charge >= 0.3 is 0 Å². The standard InChI is InChI=1S/C21H30N4O3S/c1-27-21-10-16(12-25-5-4-19-17(13-25)11-22-23-19)2-3-20(21)28-15-18(26)14-24-6-8-29-9-7-24/h2-3,10-11,18,26H,4-9,12-15H2,1H3,(H,22,23). The molecule has 1 fully saturated rings. The van der Waals surface area contributed by atoms with Crippen LogP contribution in [0.25, 0.3) is 0 Å². The third-order valence-corrected chi connectivity index (χ3v) is 6.46. The molecule has 1 aromatic carbocycles. The zero-order valence-corrected chi connectivity index (χ0v) is 17.8. The number of rotatable bonds is 8. The number of aromatic nitrogens is 2. The number of nitrogens with one attached hydrogen (secondary N) is 1. The van der Waals surface area contributed by atoms with E-state index in [1.807, 2.05) is 30.1 Å². The number of β-amino-alcohol motifs (C(OH)–C–C–N with tert-alkyl or cyclic N) is 1. The Labute approximate surface area is 176 Å². The lowest BCUT2D eigenvalue weighted by atomic mass is 10.1. The van der Waals surface area contributed by atoms with Gasteiger partial charge in [-0.2, -0.15) is 16.9 Å². The lowest BCUT2D eigenvalue weighted by Crippen LogP contribution is -2.40. The van der Waals surface area contributed by atoms with E-state index in [4.69, 9.17) is 9.47 Å². The van der Waals surface area contributed by atoms with Gasteiger partial charge in [0.2, 0.25) is 0 Å². The average Bonchev–Trinajstić information content (AvgIpc) is 3.21. The van der Waals surface area contributed by atoms with Crippen molar-refractivity contribution in [1.29, 1.82) is 0 Å². The lowest BCUT2D eigenvalue weighted by molar-refractivity contribution is 0.0704. The van der Waals surface area contributed by atoms with Gasteiger partial charge in [-0.05, 0) is 17.7 Å². The van der Waals surface area contributed by atoms with Crippen LogP contribution in [0.4, 0.5) is 0 Å². The van der Waals surface area contributed by atoms with Crippen molar-refractivity contribution in [2.24, 2.45) is 0 Å². The molecule has 29 heavy (non-hydrogen) atoms. The molecule has 0 bridgehead atoms. The number of hydrogen-bond donors (Lipinski definition) is 2. The molecule has 0 spiro atoms. The average molecular weight is 419 g/mol. The maximum Gasteiger partial charge on any atom is 0.161 e. The maximum absolute atomic E-state index is 10.3. The molecule has 1 unspecified atom stereocenters. The molecular weight excluding hydrogens is 388 g/mol. The number of aliphatic hydroxyl groups excluding tert-OH is 1. The molecule has 0 amide bonds. The largest absolute Gasteiger partial charge is 0.493 e. The second kappa shape index (κ2) is 9.84. The zero-order valence-electron chi connectivity index (χ0n) is 17.0. The summed E-state index contributed by atoms with van der Waals surface area (Å²) in [6.07, 6.45) is 2.42. The van der Waals surface area contributed by atoms with E-state index in [-0.39, 0.29) is 6.61 Å². The van der Waals surface area contributed by atoms with Crippen molar-refractivity contribution in [1.82, 2.24) is 20.0 Å². The molecule has 1 saturated heterocycles. The molecule has 7 nitrogen and oxygen atoms in total. The monoisotopic (exact) mass is 418 g/mol. The predicted molar refractivity (Wildman–Crippen MR) is 115 cm³/mol. The van der Waals surface area contributed by atoms with E-state index in [9.17, 15) is 5.11 Å². The van der Waals surface area contributed by atoms with Crippen LogP contribution in [0, 0.1) is 0 Å². The van der Waals surface area contributed by atoms with Crippen molar-refractivity contribution in [3.8, 4) is 11.5 Å². The van der Waals surface area contributed by atoms with E-state index >= 15 is 0 Å². The molecule has 0 aliphatic carbocycles. The zero-order chi connectivity index (χ0) is 20.1. The predicted octanol–water partition coefficient (Wildman–Crippen LogP) is 1.77. The molecule has 3 heterocycles. The Morgan fingerprint density at radius 3 is 2.90 bits per heavy atom. The van der Waals surface area contributed by atoms with E-state index in [1.54, 1.807) is 7.11 Å². The van der Waals surface area contributed by atoms with Crippen LogP contribution in [0.15, 0.2) is 24.4 Å². The van der Waals surface area contributed by atoms with Gasteiger partial charge in [-0.1, -0.05) is 6.07 Å². The van der Waals surface area contributed by atoms with E-state index in [2.05, 4.69) is 26.1 Å². The van der Waals surface area contributed by atoms with Gasteiger partial charge in [0.25, 0.3) is 0 Å². The van der Waals surface area contributed by atoms with Gasteiger partial charge in [0.05, 0.1) is 13.3 Å². The molecule has 0 radical (unpaired) electrons. The molecule has 4 rings (SSSR count). The first-order valence-corrected chi connectivity index (χ1v) is 11.4. The van der Waals surface area contributed by atoms with E-state index < -0.39 is 6.10 Å². The lowest BCUT2D eigenvalue weighted by Gasteiger charge is -2.28. The Hall–Kier alpha value is -1.74. The first-order chi connectivity index (χ1) is 14.2. The normalized spacial score (nSPS) is 19.0. The van der Waals surface area contributed by atoms with Crippen LogP contribution in [0.2, 0.25) is 0 Å². The molecular formula is C21H30N4O3S. The van der Waals surface area contributed by atoms with Crippen LogP contribution in [0.5, 0.6) is 11.5 Å². The van der Waals surface area contributed by atoms with E-state index in [0.717, 1.165) is 50.7 Å². The Kier molecular flexibility index (Phi) is 6.97. The van der Waals surface area contributed by atoms with Crippen LogP contribution in [0.3, 0.4) is 0 Å². The third-order valence-electron chi connectivity index (χ3n) is 5.52. The number of hydrogen-bond acceptors (Lipinski definition) is 7. The molecule has 2 aliphatic rings. The van der Waals surface area contributed by atoms with Crippen molar-refractivity contribution in [3.05, 3.63) is 41.2 Å². The van der Waals surface area contributed by atoms with Gasteiger partial charge in [0.15, 0.2) is 11.5 Å². The minimum atomic E-state index is -0.500. The molecule has 1 atom stereocenters. The van der Waals surface area contributed by atoms with Gasteiger partial charge < -0.3 is 14.6 Å². The van der Waals surface area contributed by atoms with Crippen molar-refractivity contribution < 1.29 is 14.6 Å². The van der Waals surface area contributed by atoms with Crippen molar-refractivity contribution in [2.75, 3.05) is 51.4 Å². The van der Waals surface area contributed by atoms with Crippen LogP contribution in [0.1, 0.15) is 16.8 Å². The fourth-order valence-electron chi connectivity index (χ4n) is 3.92. The number of aliphatic hydroxyl groups is 1. The Morgan fingerprint density at radius 1 is 1.21 bits per heavy atom. The topological polar surface area (TPSA) is 73.8 Å². The van der Waals surface area contributed by atoms with Gasteiger partial charge in [-0.25, -0.2) is 0 Å². The number of aromatic amines is 1. The molecule has 8 heteroatoms. The van der Waals surface area contributed by atoms with Gasteiger partial charge in [0.1, 0.15) is 12.7 Å². The first-order valence-electron chi connectivity index (χ1n) is 10.2. The third kappa shape index (κ3) is 5.45. The molecule has 2 aliphatic heterocycles.